The van der Waals surface area contributed by atoms with Crippen LogP contribution in [0, 0.1) is 0 Å². The minimum atomic E-state index is -2.98. The molecule has 0 aromatic heterocycles. The largest absolute Gasteiger partial charge is 0.494 e. The summed E-state index contributed by atoms with van der Waals surface area (Å²) >= 11 is 0. The second kappa shape index (κ2) is 8.08. The first kappa shape index (κ1) is 19.6. The summed E-state index contributed by atoms with van der Waals surface area (Å²) in [5.74, 6) is 1.00. The van der Waals surface area contributed by atoms with Crippen LogP contribution in [0.3, 0.4) is 0 Å². The number of carbonyl (C=O) groups excluding carboxylic acids is 1. The summed E-state index contributed by atoms with van der Waals surface area (Å²) in [7, 11) is -2.98. The Morgan fingerprint density at radius 2 is 1.92 bits per heavy atom. The summed E-state index contributed by atoms with van der Waals surface area (Å²) in [6.07, 6.45) is 1.17. The molecule has 6 nitrogen and oxygen atoms in total. The van der Waals surface area contributed by atoms with Crippen LogP contribution in [0.25, 0.3) is 0 Å². The number of amides is 2. The maximum Gasteiger partial charge on any atom is 0.315 e. The Hall–Kier alpha value is -1.76. The molecule has 1 aromatic rings. The van der Waals surface area contributed by atoms with Crippen molar-refractivity contribution in [2.75, 3.05) is 24.7 Å². The van der Waals surface area contributed by atoms with Gasteiger partial charge in [-0.2, -0.15) is 0 Å². The summed E-state index contributed by atoms with van der Waals surface area (Å²) in [6, 6.07) is 7.45. The lowest BCUT2D eigenvalue weighted by atomic mass is 9.87. The zero-order chi connectivity index (χ0) is 18.5. The molecule has 2 rings (SSSR count). The fraction of sp³-hybridized carbons (Fsp3) is 0.611. The molecule has 25 heavy (non-hydrogen) atoms. The molecule has 7 heteroatoms. The maximum absolute atomic E-state index is 11.7. The van der Waals surface area contributed by atoms with E-state index < -0.39 is 9.84 Å². The van der Waals surface area contributed by atoms with Gasteiger partial charge in [-0.25, -0.2) is 13.2 Å². The van der Waals surface area contributed by atoms with Gasteiger partial charge in [0, 0.05) is 12.6 Å². The van der Waals surface area contributed by atoms with Crippen molar-refractivity contribution in [2.45, 2.75) is 45.1 Å². The third-order valence-electron chi connectivity index (χ3n) is 4.16. The number of carbonyl (C=O) groups is 1. The molecule has 1 aliphatic heterocycles. The average Bonchev–Trinajstić information content (AvgIpc) is 2.85. The highest BCUT2D eigenvalue weighted by atomic mass is 32.2. The predicted molar refractivity (Wildman–Crippen MR) is 98.8 cm³/mol. The van der Waals surface area contributed by atoms with Crippen molar-refractivity contribution in [2.24, 2.45) is 0 Å². The Balaban J connectivity index is 1.61. The number of ether oxygens (including phenoxy) is 1. The summed E-state index contributed by atoms with van der Waals surface area (Å²) < 4.78 is 28.4. The van der Waals surface area contributed by atoms with Gasteiger partial charge in [0.25, 0.3) is 0 Å². The van der Waals surface area contributed by atoms with Crippen LogP contribution in [0.5, 0.6) is 5.75 Å². The SMILES string of the molecule is CC(C)(C)c1ccc(OCCCNC(=O)NC2CCS(=O)(=O)C2)cc1. The van der Waals surface area contributed by atoms with Crippen molar-refractivity contribution in [1.29, 1.82) is 0 Å². The number of sulfone groups is 1. The van der Waals surface area contributed by atoms with Gasteiger partial charge in [0.1, 0.15) is 5.75 Å². The highest BCUT2D eigenvalue weighted by Gasteiger charge is 2.28. The summed E-state index contributed by atoms with van der Waals surface area (Å²) in [6.45, 7) is 7.49. The summed E-state index contributed by atoms with van der Waals surface area (Å²) in [5, 5.41) is 5.42. The van der Waals surface area contributed by atoms with E-state index in [1.807, 2.05) is 12.1 Å². The van der Waals surface area contributed by atoms with Gasteiger partial charge in [0.05, 0.1) is 18.1 Å². The van der Waals surface area contributed by atoms with Crippen LogP contribution < -0.4 is 15.4 Å². The number of rotatable bonds is 6. The Morgan fingerprint density at radius 1 is 1.24 bits per heavy atom. The molecule has 2 amide bonds. The number of hydrogen-bond donors (Lipinski definition) is 2. The van der Waals surface area contributed by atoms with Gasteiger partial charge < -0.3 is 15.4 Å². The van der Waals surface area contributed by atoms with Gasteiger partial charge >= 0.3 is 6.03 Å². The Morgan fingerprint density at radius 3 is 2.48 bits per heavy atom. The molecule has 140 valence electrons. The lowest BCUT2D eigenvalue weighted by Crippen LogP contribution is -2.43. The number of benzene rings is 1. The Kier molecular flexibility index (Phi) is 6.32. The molecule has 0 aliphatic carbocycles. The fourth-order valence-electron chi connectivity index (χ4n) is 2.66. The fourth-order valence-corrected chi connectivity index (χ4v) is 4.33. The molecule has 1 saturated heterocycles. The molecular formula is C18H28N2O4S. The van der Waals surface area contributed by atoms with Gasteiger partial charge in [-0.1, -0.05) is 32.9 Å². The van der Waals surface area contributed by atoms with Crippen molar-refractivity contribution in [3.05, 3.63) is 29.8 Å². The molecule has 1 atom stereocenters. The molecule has 1 heterocycles. The molecule has 1 aromatic carbocycles. The summed E-state index contributed by atoms with van der Waals surface area (Å²) in [5.41, 5.74) is 1.38. The van der Waals surface area contributed by atoms with E-state index in [0.717, 1.165) is 5.75 Å². The van der Waals surface area contributed by atoms with E-state index in [1.165, 1.54) is 5.56 Å². The Bertz CT molecular complexity index is 678. The molecular weight excluding hydrogens is 340 g/mol. The smallest absolute Gasteiger partial charge is 0.315 e. The Labute approximate surface area is 150 Å². The number of nitrogens with one attached hydrogen (secondary N) is 2. The molecule has 1 fully saturated rings. The van der Waals surface area contributed by atoms with Crippen molar-refractivity contribution in [1.82, 2.24) is 10.6 Å². The van der Waals surface area contributed by atoms with E-state index in [1.54, 1.807) is 0 Å². The van der Waals surface area contributed by atoms with E-state index in [0.29, 0.717) is 26.0 Å². The average molecular weight is 368 g/mol. The van der Waals surface area contributed by atoms with Crippen molar-refractivity contribution < 1.29 is 17.9 Å². The monoisotopic (exact) mass is 368 g/mol. The third-order valence-corrected chi connectivity index (χ3v) is 5.93. The van der Waals surface area contributed by atoms with E-state index >= 15 is 0 Å². The van der Waals surface area contributed by atoms with Gasteiger partial charge in [-0.3, -0.25) is 0 Å². The molecule has 2 N–H and O–H groups in total. The zero-order valence-corrected chi connectivity index (χ0v) is 16.0. The quantitative estimate of drug-likeness (QED) is 0.754. The van der Waals surface area contributed by atoms with Crippen LogP contribution >= 0.6 is 0 Å². The highest BCUT2D eigenvalue weighted by Crippen LogP contribution is 2.24. The standard InChI is InChI=1S/C18H28N2O4S/c1-18(2,3)14-5-7-16(8-6-14)24-11-4-10-19-17(21)20-15-9-12-25(22,23)13-15/h5-8,15H,4,9-13H2,1-3H3,(H2,19,20,21). The predicted octanol–water partition coefficient (Wildman–Crippen LogP) is 2.24. The van der Waals surface area contributed by atoms with Crippen LogP contribution in [0.15, 0.2) is 24.3 Å². The normalized spacial score (nSPS) is 19.4. The molecule has 0 bridgehead atoms. The van der Waals surface area contributed by atoms with Crippen LogP contribution in [-0.4, -0.2) is 45.1 Å². The van der Waals surface area contributed by atoms with E-state index in [-0.39, 0.29) is 29.0 Å². The van der Waals surface area contributed by atoms with Crippen molar-refractivity contribution >= 4 is 15.9 Å². The maximum atomic E-state index is 11.7. The molecule has 0 saturated carbocycles. The lowest BCUT2D eigenvalue weighted by molar-refractivity contribution is 0.236. The lowest BCUT2D eigenvalue weighted by Gasteiger charge is -2.19. The first-order chi connectivity index (χ1) is 11.7. The third kappa shape index (κ3) is 6.57. The van der Waals surface area contributed by atoms with E-state index in [2.05, 4.69) is 43.5 Å². The molecule has 0 spiro atoms. The van der Waals surface area contributed by atoms with Crippen LogP contribution in [0.4, 0.5) is 4.79 Å². The van der Waals surface area contributed by atoms with E-state index in [4.69, 9.17) is 4.74 Å². The van der Waals surface area contributed by atoms with Gasteiger partial charge in [-0.15, -0.1) is 0 Å². The van der Waals surface area contributed by atoms with Gasteiger partial charge in [0.15, 0.2) is 9.84 Å². The molecule has 1 unspecified atom stereocenters. The second-order valence-corrected chi connectivity index (χ2v) is 9.71. The summed E-state index contributed by atoms with van der Waals surface area (Å²) in [4.78, 5) is 11.7. The topological polar surface area (TPSA) is 84.5 Å². The van der Waals surface area contributed by atoms with Gasteiger partial charge in [-0.05, 0) is 36.0 Å². The highest BCUT2D eigenvalue weighted by molar-refractivity contribution is 7.91. The van der Waals surface area contributed by atoms with Crippen molar-refractivity contribution in [3.63, 3.8) is 0 Å². The first-order valence-electron chi connectivity index (χ1n) is 8.64. The minimum absolute atomic E-state index is 0.0358. The van der Waals surface area contributed by atoms with Crippen molar-refractivity contribution in [3.8, 4) is 5.75 Å². The van der Waals surface area contributed by atoms with Crippen LogP contribution in [-0.2, 0) is 15.3 Å². The number of urea groups is 1. The minimum Gasteiger partial charge on any atom is -0.494 e. The van der Waals surface area contributed by atoms with Crippen LogP contribution in [0.1, 0.15) is 39.2 Å². The first-order valence-corrected chi connectivity index (χ1v) is 10.5. The van der Waals surface area contributed by atoms with E-state index in [9.17, 15) is 13.2 Å². The molecule has 1 aliphatic rings. The molecule has 0 radical (unpaired) electrons. The zero-order valence-electron chi connectivity index (χ0n) is 15.2. The van der Waals surface area contributed by atoms with Gasteiger partial charge in [0.2, 0.25) is 0 Å². The second-order valence-electron chi connectivity index (χ2n) is 7.48. The number of hydrogen-bond acceptors (Lipinski definition) is 4. The van der Waals surface area contributed by atoms with Crippen LogP contribution in [0.2, 0.25) is 0 Å².